The van der Waals surface area contributed by atoms with Crippen molar-refractivity contribution in [1.29, 1.82) is 0 Å². The molecule has 1 heterocycles. The second-order valence-electron chi connectivity index (χ2n) is 5.55. The molecule has 21 heavy (non-hydrogen) atoms. The molecule has 0 bridgehead atoms. The molecule has 1 aliphatic rings. The van der Waals surface area contributed by atoms with Crippen LogP contribution in [0.1, 0.15) is 31.7 Å². The average Bonchev–Trinajstić information content (AvgIpc) is 2.90. The van der Waals surface area contributed by atoms with Crippen molar-refractivity contribution in [3.63, 3.8) is 0 Å². The average molecular weight is 290 g/mol. The van der Waals surface area contributed by atoms with Crippen LogP contribution < -0.4 is 5.32 Å². The first kappa shape index (κ1) is 15.4. The second kappa shape index (κ2) is 7.11. The number of nitrogens with one attached hydrogen (secondary N) is 1. The number of benzene rings is 1. The maximum Gasteiger partial charge on any atom is 0.326 e. The summed E-state index contributed by atoms with van der Waals surface area (Å²) in [5.41, 5.74) is 1.08. The molecule has 1 saturated heterocycles. The molecule has 2 N–H and O–H groups in total. The summed E-state index contributed by atoms with van der Waals surface area (Å²) in [7, 11) is 0. The quantitative estimate of drug-likeness (QED) is 0.874. The Bertz CT molecular complexity index is 490. The fraction of sp³-hybridized carbons (Fsp3) is 0.500. The first-order valence-electron chi connectivity index (χ1n) is 7.42. The number of aryl methyl sites for hydroxylation is 1. The maximum atomic E-state index is 12.1. The predicted molar refractivity (Wildman–Crippen MR) is 80.1 cm³/mol. The largest absolute Gasteiger partial charge is 0.480 e. The molecule has 0 spiro atoms. The summed E-state index contributed by atoms with van der Waals surface area (Å²) in [6.07, 6.45) is 2.99. The van der Waals surface area contributed by atoms with Gasteiger partial charge in [-0.25, -0.2) is 9.59 Å². The molecule has 1 aliphatic heterocycles. The standard InChI is InChI=1S/C16H22N2O3/c1-12-6-5-11-18(12)16(21)17-14(15(19)20)10-9-13-7-3-2-4-8-13/h2-4,7-8,12,14H,5-6,9-11H2,1H3,(H,17,21)(H,19,20)/t12?,14-/m0/s1. The number of amides is 2. The van der Waals surface area contributed by atoms with Crippen LogP contribution in [0, 0.1) is 0 Å². The highest BCUT2D eigenvalue weighted by atomic mass is 16.4. The van der Waals surface area contributed by atoms with Gasteiger partial charge in [-0.1, -0.05) is 30.3 Å². The molecule has 2 atom stereocenters. The minimum Gasteiger partial charge on any atom is -0.480 e. The number of carboxylic acids is 1. The van der Waals surface area contributed by atoms with Crippen molar-refractivity contribution in [1.82, 2.24) is 10.2 Å². The molecular formula is C16H22N2O3. The Labute approximate surface area is 125 Å². The van der Waals surface area contributed by atoms with Crippen LogP contribution in [0.2, 0.25) is 0 Å². The molecule has 0 saturated carbocycles. The van der Waals surface area contributed by atoms with Crippen LogP contribution in [0.4, 0.5) is 4.79 Å². The third-order valence-corrected chi connectivity index (χ3v) is 3.97. The first-order chi connectivity index (χ1) is 10.1. The third kappa shape index (κ3) is 4.21. The Balaban J connectivity index is 1.90. The van der Waals surface area contributed by atoms with Gasteiger partial charge in [-0.2, -0.15) is 0 Å². The fourth-order valence-electron chi connectivity index (χ4n) is 2.68. The van der Waals surface area contributed by atoms with E-state index >= 15 is 0 Å². The van der Waals surface area contributed by atoms with Crippen LogP contribution >= 0.6 is 0 Å². The highest BCUT2D eigenvalue weighted by Gasteiger charge is 2.28. The highest BCUT2D eigenvalue weighted by molar-refractivity contribution is 5.82. The highest BCUT2D eigenvalue weighted by Crippen LogP contribution is 2.16. The molecule has 5 nitrogen and oxygen atoms in total. The van der Waals surface area contributed by atoms with Crippen LogP contribution in [0.3, 0.4) is 0 Å². The van der Waals surface area contributed by atoms with Crippen molar-refractivity contribution < 1.29 is 14.7 Å². The summed E-state index contributed by atoms with van der Waals surface area (Å²) in [5, 5.41) is 11.9. The first-order valence-corrected chi connectivity index (χ1v) is 7.42. The molecular weight excluding hydrogens is 268 g/mol. The number of carboxylic acid groups (broad SMARTS) is 1. The van der Waals surface area contributed by atoms with Crippen molar-refractivity contribution in [3.8, 4) is 0 Å². The van der Waals surface area contributed by atoms with Gasteiger partial charge in [0, 0.05) is 12.6 Å². The number of likely N-dealkylation sites (tertiary alicyclic amines) is 1. The molecule has 1 aromatic rings. The van der Waals surface area contributed by atoms with Gasteiger partial charge in [-0.05, 0) is 38.2 Å². The summed E-state index contributed by atoms with van der Waals surface area (Å²) >= 11 is 0. The van der Waals surface area contributed by atoms with Gasteiger partial charge in [0.1, 0.15) is 6.04 Å². The SMILES string of the molecule is CC1CCCN1C(=O)N[C@@H](CCc1ccccc1)C(=O)O. The van der Waals surface area contributed by atoms with E-state index in [9.17, 15) is 14.7 Å². The van der Waals surface area contributed by atoms with Crippen LogP contribution in [0.15, 0.2) is 30.3 Å². The van der Waals surface area contributed by atoms with E-state index in [1.54, 1.807) is 4.90 Å². The molecule has 0 radical (unpaired) electrons. The lowest BCUT2D eigenvalue weighted by atomic mass is 10.1. The minimum absolute atomic E-state index is 0.188. The number of aliphatic carboxylic acids is 1. The monoisotopic (exact) mass is 290 g/mol. The van der Waals surface area contributed by atoms with Crippen LogP contribution in [0.5, 0.6) is 0 Å². The number of nitrogens with zero attached hydrogens (tertiary/aromatic N) is 1. The molecule has 2 amide bonds. The lowest BCUT2D eigenvalue weighted by Gasteiger charge is -2.24. The maximum absolute atomic E-state index is 12.1. The van der Waals surface area contributed by atoms with Gasteiger partial charge >= 0.3 is 12.0 Å². The Morgan fingerprint density at radius 3 is 2.67 bits per heavy atom. The third-order valence-electron chi connectivity index (χ3n) is 3.97. The molecule has 2 rings (SSSR count). The number of hydrogen-bond donors (Lipinski definition) is 2. The van der Waals surface area contributed by atoms with E-state index in [4.69, 9.17) is 0 Å². The van der Waals surface area contributed by atoms with E-state index in [0.717, 1.165) is 18.4 Å². The molecule has 0 aliphatic carbocycles. The van der Waals surface area contributed by atoms with Crippen LogP contribution in [0.25, 0.3) is 0 Å². The number of hydrogen-bond acceptors (Lipinski definition) is 2. The van der Waals surface area contributed by atoms with E-state index < -0.39 is 12.0 Å². The molecule has 5 heteroatoms. The minimum atomic E-state index is -0.980. The molecule has 1 fully saturated rings. The molecule has 0 aromatic heterocycles. The van der Waals surface area contributed by atoms with Gasteiger partial charge in [0.15, 0.2) is 0 Å². The summed E-state index contributed by atoms with van der Waals surface area (Å²) in [4.78, 5) is 25.2. The van der Waals surface area contributed by atoms with Gasteiger partial charge in [-0.15, -0.1) is 0 Å². The van der Waals surface area contributed by atoms with E-state index in [0.29, 0.717) is 19.4 Å². The predicted octanol–water partition coefficient (Wildman–Crippen LogP) is 2.27. The van der Waals surface area contributed by atoms with Gasteiger partial charge < -0.3 is 15.3 Å². The molecule has 1 aromatic carbocycles. The summed E-state index contributed by atoms with van der Waals surface area (Å²) in [6, 6.07) is 8.78. The van der Waals surface area contributed by atoms with Gasteiger partial charge in [0.2, 0.25) is 0 Å². The normalized spacial score (nSPS) is 19.3. The topological polar surface area (TPSA) is 69.6 Å². The summed E-state index contributed by atoms with van der Waals surface area (Å²) in [6.45, 7) is 2.70. The van der Waals surface area contributed by atoms with Crippen molar-refractivity contribution in [2.75, 3.05) is 6.54 Å². The van der Waals surface area contributed by atoms with Crippen molar-refractivity contribution >= 4 is 12.0 Å². The summed E-state index contributed by atoms with van der Waals surface area (Å²) in [5.74, 6) is -0.980. The van der Waals surface area contributed by atoms with Crippen LogP contribution in [-0.4, -0.2) is 40.6 Å². The van der Waals surface area contributed by atoms with Crippen molar-refractivity contribution in [3.05, 3.63) is 35.9 Å². The molecule has 114 valence electrons. The Morgan fingerprint density at radius 2 is 2.10 bits per heavy atom. The molecule has 1 unspecified atom stereocenters. The van der Waals surface area contributed by atoms with E-state index in [1.165, 1.54) is 0 Å². The Hall–Kier alpha value is -2.04. The zero-order valence-corrected chi connectivity index (χ0v) is 12.3. The number of urea groups is 1. The van der Waals surface area contributed by atoms with Gasteiger partial charge in [0.05, 0.1) is 0 Å². The Morgan fingerprint density at radius 1 is 1.38 bits per heavy atom. The van der Waals surface area contributed by atoms with Crippen molar-refractivity contribution in [2.24, 2.45) is 0 Å². The fourth-order valence-corrected chi connectivity index (χ4v) is 2.68. The zero-order chi connectivity index (χ0) is 15.2. The lowest BCUT2D eigenvalue weighted by Crippen LogP contribution is -2.49. The van der Waals surface area contributed by atoms with E-state index in [-0.39, 0.29) is 12.1 Å². The summed E-state index contributed by atoms with van der Waals surface area (Å²) < 4.78 is 0. The number of carbonyl (C=O) groups excluding carboxylic acids is 1. The second-order valence-corrected chi connectivity index (χ2v) is 5.55. The van der Waals surface area contributed by atoms with Crippen molar-refractivity contribution in [2.45, 2.75) is 44.7 Å². The van der Waals surface area contributed by atoms with Gasteiger partial charge in [0.25, 0.3) is 0 Å². The zero-order valence-electron chi connectivity index (χ0n) is 12.3. The lowest BCUT2D eigenvalue weighted by molar-refractivity contribution is -0.139. The number of rotatable bonds is 5. The Kier molecular flexibility index (Phi) is 5.20. The van der Waals surface area contributed by atoms with Gasteiger partial charge in [-0.3, -0.25) is 0 Å². The van der Waals surface area contributed by atoms with E-state index in [2.05, 4.69) is 5.32 Å². The van der Waals surface area contributed by atoms with Crippen LogP contribution in [-0.2, 0) is 11.2 Å². The van der Waals surface area contributed by atoms with E-state index in [1.807, 2.05) is 37.3 Å². The number of carbonyl (C=O) groups is 2. The smallest absolute Gasteiger partial charge is 0.326 e.